The minimum Gasteiger partial charge on any atom is -0.389 e. The van der Waals surface area contributed by atoms with Crippen LogP contribution in [0.2, 0.25) is 0 Å². The fraction of sp³-hybridized carbons (Fsp3) is 0.500. The maximum Gasteiger partial charge on any atom is 0.129 e. The van der Waals surface area contributed by atoms with Crippen molar-refractivity contribution in [2.24, 2.45) is 0 Å². The Morgan fingerprint density at radius 2 is 2.12 bits per heavy atom. The SMILES string of the molecule is C=CCN(c1ccc([C@@H](C)O)cn1)C(C)(C)C. The number of anilines is 1. The Labute approximate surface area is 104 Å². The molecule has 1 N–H and O–H groups in total. The van der Waals surface area contributed by atoms with Crippen LogP contribution >= 0.6 is 0 Å². The highest BCUT2D eigenvalue weighted by molar-refractivity contribution is 5.43. The van der Waals surface area contributed by atoms with Crippen LogP contribution in [-0.2, 0) is 0 Å². The van der Waals surface area contributed by atoms with E-state index in [9.17, 15) is 5.11 Å². The average molecular weight is 234 g/mol. The molecule has 0 bridgehead atoms. The monoisotopic (exact) mass is 234 g/mol. The molecule has 3 heteroatoms. The summed E-state index contributed by atoms with van der Waals surface area (Å²) in [7, 11) is 0. The van der Waals surface area contributed by atoms with E-state index in [1.165, 1.54) is 0 Å². The maximum absolute atomic E-state index is 9.45. The van der Waals surface area contributed by atoms with Gasteiger partial charge in [0.15, 0.2) is 0 Å². The number of aliphatic hydroxyl groups excluding tert-OH is 1. The highest BCUT2D eigenvalue weighted by Gasteiger charge is 2.21. The van der Waals surface area contributed by atoms with Crippen LogP contribution in [0.5, 0.6) is 0 Å². The van der Waals surface area contributed by atoms with Crippen LogP contribution < -0.4 is 4.90 Å². The maximum atomic E-state index is 9.45. The zero-order valence-electron chi connectivity index (χ0n) is 11.1. The fourth-order valence-corrected chi connectivity index (χ4v) is 1.64. The number of hydrogen-bond acceptors (Lipinski definition) is 3. The zero-order valence-corrected chi connectivity index (χ0v) is 11.1. The van der Waals surface area contributed by atoms with Gasteiger partial charge in [0.1, 0.15) is 5.82 Å². The second-order valence-corrected chi connectivity index (χ2v) is 5.20. The van der Waals surface area contributed by atoms with E-state index >= 15 is 0 Å². The highest BCUT2D eigenvalue weighted by atomic mass is 16.3. The van der Waals surface area contributed by atoms with Gasteiger partial charge in [0.2, 0.25) is 0 Å². The van der Waals surface area contributed by atoms with E-state index in [1.54, 1.807) is 13.1 Å². The quantitative estimate of drug-likeness (QED) is 0.814. The van der Waals surface area contributed by atoms with Gasteiger partial charge >= 0.3 is 0 Å². The number of aromatic nitrogens is 1. The lowest BCUT2D eigenvalue weighted by Crippen LogP contribution is -2.42. The Balaban J connectivity index is 2.99. The third kappa shape index (κ3) is 3.56. The van der Waals surface area contributed by atoms with E-state index in [1.807, 2.05) is 18.2 Å². The van der Waals surface area contributed by atoms with E-state index in [-0.39, 0.29) is 5.54 Å². The van der Waals surface area contributed by atoms with E-state index in [0.717, 1.165) is 17.9 Å². The summed E-state index contributed by atoms with van der Waals surface area (Å²) in [4.78, 5) is 6.58. The van der Waals surface area contributed by atoms with Gasteiger partial charge in [0, 0.05) is 18.3 Å². The lowest BCUT2D eigenvalue weighted by molar-refractivity contribution is 0.199. The van der Waals surface area contributed by atoms with Gasteiger partial charge in [-0.05, 0) is 39.3 Å². The van der Waals surface area contributed by atoms with Crippen LogP contribution in [0.25, 0.3) is 0 Å². The molecule has 0 radical (unpaired) electrons. The molecule has 0 aromatic carbocycles. The van der Waals surface area contributed by atoms with Crippen LogP contribution in [0.4, 0.5) is 5.82 Å². The van der Waals surface area contributed by atoms with Crippen molar-refractivity contribution in [2.75, 3.05) is 11.4 Å². The van der Waals surface area contributed by atoms with Crippen molar-refractivity contribution in [3.63, 3.8) is 0 Å². The number of rotatable bonds is 4. The van der Waals surface area contributed by atoms with Crippen LogP contribution in [0.3, 0.4) is 0 Å². The van der Waals surface area contributed by atoms with Gasteiger partial charge in [-0.3, -0.25) is 0 Å². The molecular formula is C14H22N2O. The van der Waals surface area contributed by atoms with Crippen LogP contribution in [0.15, 0.2) is 31.0 Å². The molecule has 3 nitrogen and oxygen atoms in total. The van der Waals surface area contributed by atoms with Crippen molar-refractivity contribution in [2.45, 2.75) is 39.3 Å². The Bertz CT molecular complexity index is 363. The van der Waals surface area contributed by atoms with Crippen molar-refractivity contribution in [3.05, 3.63) is 36.5 Å². The first-order valence-corrected chi connectivity index (χ1v) is 5.89. The van der Waals surface area contributed by atoms with Gasteiger partial charge in [0.05, 0.1) is 6.10 Å². The van der Waals surface area contributed by atoms with E-state index in [2.05, 4.69) is 37.2 Å². The molecule has 1 atom stereocenters. The number of nitrogens with zero attached hydrogens (tertiary/aromatic N) is 2. The molecule has 17 heavy (non-hydrogen) atoms. The summed E-state index contributed by atoms with van der Waals surface area (Å²) < 4.78 is 0. The van der Waals surface area contributed by atoms with Crippen molar-refractivity contribution < 1.29 is 5.11 Å². The zero-order chi connectivity index (χ0) is 13.1. The van der Waals surface area contributed by atoms with Crippen molar-refractivity contribution in [1.29, 1.82) is 0 Å². The van der Waals surface area contributed by atoms with E-state index in [0.29, 0.717) is 0 Å². The lowest BCUT2D eigenvalue weighted by atomic mass is 10.1. The largest absolute Gasteiger partial charge is 0.389 e. The van der Waals surface area contributed by atoms with Crippen LogP contribution in [0, 0.1) is 0 Å². The smallest absolute Gasteiger partial charge is 0.129 e. The van der Waals surface area contributed by atoms with E-state index in [4.69, 9.17) is 0 Å². The Hall–Kier alpha value is -1.35. The van der Waals surface area contributed by atoms with Crippen molar-refractivity contribution in [1.82, 2.24) is 4.98 Å². The summed E-state index contributed by atoms with van der Waals surface area (Å²) in [6, 6.07) is 3.85. The molecule has 0 amide bonds. The summed E-state index contributed by atoms with van der Waals surface area (Å²) in [6.07, 6.45) is 3.12. The first kappa shape index (κ1) is 13.7. The normalized spacial score (nSPS) is 13.2. The first-order chi connectivity index (χ1) is 7.86. The van der Waals surface area contributed by atoms with Crippen molar-refractivity contribution in [3.8, 4) is 0 Å². The molecule has 0 saturated carbocycles. The number of hydrogen-bond donors (Lipinski definition) is 1. The standard InChI is InChI=1S/C14H22N2O/c1-6-9-16(14(3,4)5)13-8-7-12(10-15-13)11(2)17/h6-8,10-11,17H,1,9H2,2-5H3/t11-/m1/s1. The number of pyridine rings is 1. The minimum atomic E-state index is -0.473. The van der Waals surface area contributed by atoms with Crippen LogP contribution in [0.1, 0.15) is 39.4 Å². The highest BCUT2D eigenvalue weighted by Crippen LogP contribution is 2.22. The predicted molar refractivity (Wildman–Crippen MR) is 72.2 cm³/mol. The van der Waals surface area contributed by atoms with Gasteiger partial charge in [0.25, 0.3) is 0 Å². The van der Waals surface area contributed by atoms with Gasteiger partial charge in [-0.2, -0.15) is 0 Å². The predicted octanol–water partition coefficient (Wildman–Crippen LogP) is 2.93. The fourth-order valence-electron chi connectivity index (χ4n) is 1.64. The van der Waals surface area contributed by atoms with Gasteiger partial charge in [-0.25, -0.2) is 4.98 Å². The van der Waals surface area contributed by atoms with Gasteiger partial charge in [-0.15, -0.1) is 6.58 Å². The van der Waals surface area contributed by atoms with Crippen LogP contribution in [-0.4, -0.2) is 22.2 Å². The molecule has 0 aliphatic carbocycles. The molecule has 0 aliphatic heterocycles. The van der Waals surface area contributed by atoms with Gasteiger partial charge < -0.3 is 10.0 Å². The average Bonchev–Trinajstić information content (AvgIpc) is 2.24. The summed E-state index contributed by atoms with van der Waals surface area (Å²) in [6.45, 7) is 12.7. The summed E-state index contributed by atoms with van der Waals surface area (Å²) >= 11 is 0. The molecule has 0 spiro atoms. The Morgan fingerprint density at radius 3 is 2.47 bits per heavy atom. The molecule has 1 rings (SSSR count). The molecule has 94 valence electrons. The molecule has 1 aromatic heterocycles. The second-order valence-electron chi connectivity index (χ2n) is 5.20. The molecule has 1 heterocycles. The third-order valence-corrected chi connectivity index (χ3v) is 2.65. The molecule has 0 saturated heterocycles. The third-order valence-electron chi connectivity index (χ3n) is 2.65. The summed E-state index contributed by atoms with van der Waals surface area (Å²) in [5.74, 6) is 0.904. The molecule has 0 aliphatic rings. The second kappa shape index (κ2) is 5.32. The Morgan fingerprint density at radius 1 is 1.47 bits per heavy atom. The van der Waals surface area contributed by atoms with Crippen molar-refractivity contribution >= 4 is 5.82 Å². The molecule has 1 aromatic rings. The van der Waals surface area contributed by atoms with Gasteiger partial charge in [-0.1, -0.05) is 12.1 Å². The number of aliphatic hydroxyl groups is 1. The molecular weight excluding hydrogens is 212 g/mol. The summed E-state index contributed by atoms with van der Waals surface area (Å²) in [5, 5.41) is 9.45. The first-order valence-electron chi connectivity index (χ1n) is 5.89. The van der Waals surface area contributed by atoms with E-state index < -0.39 is 6.10 Å². The topological polar surface area (TPSA) is 36.4 Å². The minimum absolute atomic E-state index is 0.00641. The Kier molecular flexibility index (Phi) is 4.29. The lowest BCUT2D eigenvalue weighted by Gasteiger charge is -2.36. The summed E-state index contributed by atoms with van der Waals surface area (Å²) in [5.41, 5.74) is 0.828. The molecule has 0 fully saturated rings. The molecule has 0 unspecified atom stereocenters.